The van der Waals surface area contributed by atoms with Gasteiger partial charge in [-0.3, -0.25) is 0 Å². The summed E-state index contributed by atoms with van der Waals surface area (Å²) in [6.45, 7) is 4.07. The maximum Gasteiger partial charge on any atom is 0.153 e. The standard InChI is InChI=1S/C24H19NOP.C12H10N.Ir/c1-19-15-16-24(25-18-19)20-9-8-14-23(17-20)27(26,21-10-4-2-5-11-21)22-12-6-3-7-13-22;1-10-7-8-13-12(9-10)11-5-3-2-4-6-11;/h2-8,10-18H,1H3;2-5,7-9H,1H3;/q2*-1;. The van der Waals surface area contributed by atoms with E-state index in [1.807, 2.05) is 141 Å². The molecule has 0 unspecified atom stereocenters. The molecule has 6 rings (SSSR count). The first-order chi connectivity index (χ1) is 19.5. The van der Waals surface area contributed by atoms with Crippen molar-refractivity contribution in [1.82, 2.24) is 9.97 Å². The van der Waals surface area contributed by atoms with E-state index in [2.05, 4.69) is 35.1 Å². The first-order valence-electron chi connectivity index (χ1n) is 13.1. The van der Waals surface area contributed by atoms with Gasteiger partial charge in [-0.05, 0) is 36.9 Å². The minimum Gasteiger partial charge on any atom is -0.310 e. The van der Waals surface area contributed by atoms with Gasteiger partial charge in [-0.2, -0.15) is 0 Å². The van der Waals surface area contributed by atoms with E-state index in [0.717, 1.165) is 44.0 Å². The summed E-state index contributed by atoms with van der Waals surface area (Å²) < 4.78 is 14.4. The van der Waals surface area contributed by atoms with Gasteiger partial charge in [0.1, 0.15) is 0 Å². The number of pyridine rings is 2. The molecule has 0 fully saturated rings. The molecule has 0 saturated carbocycles. The van der Waals surface area contributed by atoms with E-state index < -0.39 is 7.14 Å². The molecular formula is C36H29IrN2OP-2. The quantitative estimate of drug-likeness (QED) is 0.138. The van der Waals surface area contributed by atoms with E-state index in [0.29, 0.717) is 0 Å². The average Bonchev–Trinajstić information content (AvgIpc) is 3.03. The molecule has 0 bridgehead atoms. The Morgan fingerprint density at radius 2 is 1.22 bits per heavy atom. The molecule has 2 heterocycles. The fraction of sp³-hybridized carbons (Fsp3) is 0.0556. The van der Waals surface area contributed by atoms with Gasteiger partial charge in [0.2, 0.25) is 0 Å². The van der Waals surface area contributed by atoms with E-state index in [1.165, 1.54) is 5.56 Å². The molecule has 1 radical (unpaired) electrons. The summed E-state index contributed by atoms with van der Waals surface area (Å²) in [5.74, 6) is 0. The van der Waals surface area contributed by atoms with E-state index in [9.17, 15) is 4.57 Å². The maximum absolute atomic E-state index is 14.4. The smallest absolute Gasteiger partial charge is 0.153 e. The van der Waals surface area contributed by atoms with E-state index >= 15 is 0 Å². The van der Waals surface area contributed by atoms with Crippen LogP contribution in [0.3, 0.4) is 0 Å². The Kier molecular flexibility index (Phi) is 10.3. The Morgan fingerprint density at radius 3 is 1.80 bits per heavy atom. The van der Waals surface area contributed by atoms with Gasteiger partial charge >= 0.3 is 0 Å². The van der Waals surface area contributed by atoms with Crippen LogP contribution in [-0.2, 0) is 24.7 Å². The monoisotopic (exact) mass is 729 g/mol. The molecule has 0 saturated heterocycles. The van der Waals surface area contributed by atoms with Crippen LogP contribution in [0.2, 0.25) is 0 Å². The minimum atomic E-state index is -2.98. The summed E-state index contributed by atoms with van der Waals surface area (Å²) in [6, 6.07) is 47.4. The molecule has 3 nitrogen and oxygen atoms in total. The summed E-state index contributed by atoms with van der Waals surface area (Å²) >= 11 is 0. The number of hydrogen-bond acceptors (Lipinski definition) is 3. The Balaban J connectivity index is 0.000000233. The second-order valence-electron chi connectivity index (χ2n) is 9.46. The molecule has 0 atom stereocenters. The predicted octanol–water partition coefficient (Wildman–Crippen LogP) is 7.35. The molecule has 2 aromatic heterocycles. The third-order valence-electron chi connectivity index (χ3n) is 6.48. The van der Waals surface area contributed by atoms with Crippen molar-refractivity contribution in [3.05, 3.63) is 163 Å². The zero-order chi connectivity index (χ0) is 27.8. The first-order valence-corrected chi connectivity index (χ1v) is 14.8. The van der Waals surface area contributed by atoms with Gasteiger partial charge in [-0.25, -0.2) is 0 Å². The molecule has 205 valence electrons. The molecule has 41 heavy (non-hydrogen) atoms. The zero-order valence-corrected chi connectivity index (χ0v) is 26.2. The van der Waals surface area contributed by atoms with Crippen LogP contribution in [0.4, 0.5) is 0 Å². The molecule has 0 amide bonds. The van der Waals surface area contributed by atoms with Gasteiger partial charge < -0.3 is 14.5 Å². The maximum atomic E-state index is 14.4. The fourth-order valence-corrected chi connectivity index (χ4v) is 7.06. The number of rotatable bonds is 5. The second kappa shape index (κ2) is 14.1. The number of aromatic nitrogens is 2. The third kappa shape index (κ3) is 7.23. The Labute approximate surface area is 256 Å². The Morgan fingerprint density at radius 1 is 0.561 bits per heavy atom. The van der Waals surface area contributed by atoms with Crippen molar-refractivity contribution in [1.29, 1.82) is 0 Å². The summed E-state index contributed by atoms with van der Waals surface area (Å²) in [6.07, 6.45) is 3.66. The molecule has 0 aliphatic heterocycles. The Hall–Kier alpha value is -3.94. The van der Waals surface area contributed by atoms with E-state index in [4.69, 9.17) is 0 Å². The van der Waals surface area contributed by atoms with Crippen LogP contribution in [0.25, 0.3) is 22.5 Å². The molecule has 5 heteroatoms. The van der Waals surface area contributed by atoms with Crippen LogP contribution in [0.1, 0.15) is 11.1 Å². The van der Waals surface area contributed by atoms with Crippen molar-refractivity contribution in [2.75, 3.05) is 0 Å². The van der Waals surface area contributed by atoms with Crippen molar-refractivity contribution >= 4 is 23.1 Å². The summed E-state index contributed by atoms with van der Waals surface area (Å²) in [5.41, 5.74) is 6.04. The van der Waals surface area contributed by atoms with Crippen LogP contribution in [0, 0.1) is 26.0 Å². The average molecular weight is 729 g/mol. The minimum absolute atomic E-state index is 0. The van der Waals surface area contributed by atoms with Crippen molar-refractivity contribution < 1.29 is 24.7 Å². The largest absolute Gasteiger partial charge is 0.310 e. The van der Waals surface area contributed by atoms with Crippen molar-refractivity contribution in [2.24, 2.45) is 0 Å². The zero-order valence-electron chi connectivity index (χ0n) is 22.9. The van der Waals surface area contributed by atoms with Crippen LogP contribution in [0.15, 0.2) is 140 Å². The number of nitrogens with zero attached hydrogens (tertiary/aromatic N) is 2. The van der Waals surface area contributed by atoms with Gasteiger partial charge in [0, 0.05) is 43.1 Å². The van der Waals surface area contributed by atoms with Crippen molar-refractivity contribution in [2.45, 2.75) is 13.8 Å². The van der Waals surface area contributed by atoms with Gasteiger partial charge in [-0.1, -0.05) is 89.7 Å². The number of benzene rings is 4. The van der Waals surface area contributed by atoms with Crippen LogP contribution < -0.4 is 15.9 Å². The first kappa shape index (κ1) is 30.0. The molecule has 6 aromatic rings. The van der Waals surface area contributed by atoms with Gasteiger partial charge in [0.15, 0.2) is 7.14 Å². The topological polar surface area (TPSA) is 42.9 Å². The Bertz CT molecular complexity index is 1680. The molecule has 0 spiro atoms. The fourth-order valence-electron chi connectivity index (χ4n) is 4.38. The van der Waals surface area contributed by atoms with Crippen molar-refractivity contribution in [3.8, 4) is 22.5 Å². The van der Waals surface area contributed by atoms with Gasteiger partial charge in [0.25, 0.3) is 0 Å². The van der Waals surface area contributed by atoms with Crippen LogP contribution >= 0.6 is 7.14 Å². The van der Waals surface area contributed by atoms with E-state index in [1.54, 1.807) is 0 Å². The van der Waals surface area contributed by atoms with Gasteiger partial charge in [-0.15, -0.1) is 65.7 Å². The SMILES string of the molecule is Cc1ccc(-c2[c-]ccc(P(=O)(c3ccccc3)c3ccccc3)c2)nc1.Cc1ccnc(-c2[c-]cccc2)c1.[Ir]. The third-order valence-corrected chi connectivity index (χ3v) is 9.53. The second-order valence-corrected chi connectivity index (χ2v) is 12.2. The summed E-state index contributed by atoms with van der Waals surface area (Å²) in [5, 5.41) is 2.44. The van der Waals surface area contributed by atoms with Crippen LogP contribution in [0.5, 0.6) is 0 Å². The van der Waals surface area contributed by atoms with Crippen molar-refractivity contribution in [3.63, 3.8) is 0 Å². The molecule has 4 aromatic carbocycles. The molecule has 0 aliphatic rings. The molecule has 0 aliphatic carbocycles. The normalized spacial score (nSPS) is 10.6. The van der Waals surface area contributed by atoms with Gasteiger partial charge in [0.05, 0.1) is 0 Å². The summed E-state index contributed by atoms with van der Waals surface area (Å²) in [4.78, 5) is 8.77. The predicted molar refractivity (Wildman–Crippen MR) is 166 cm³/mol. The number of hydrogen-bond donors (Lipinski definition) is 0. The number of aryl methyl sites for hydroxylation is 2. The van der Waals surface area contributed by atoms with E-state index in [-0.39, 0.29) is 20.1 Å². The van der Waals surface area contributed by atoms with Crippen LogP contribution in [-0.4, -0.2) is 9.97 Å². The molecular weight excluding hydrogens is 700 g/mol. The summed E-state index contributed by atoms with van der Waals surface area (Å²) in [7, 11) is -2.98. The molecule has 0 N–H and O–H groups in total.